The molecule has 22 heavy (non-hydrogen) atoms. The Morgan fingerprint density at radius 2 is 1.73 bits per heavy atom. The highest BCUT2D eigenvalue weighted by atomic mass is 16.5. The second-order valence-corrected chi connectivity index (χ2v) is 5.45. The molecule has 0 aliphatic heterocycles. The molecule has 0 aromatic carbocycles. The molecule has 0 atom stereocenters. The van der Waals surface area contributed by atoms with Gasteiger partial charge in [0.1, 0.15) is 0 Å². The molecule has 0 heterocycles. The van der Waals surface area contributed by atoms with Crippen LogP contribution in [0.5, 0.6) is 0 Å². The summed E-state index contributed by atoms with van der Waals surface area (Å²) in [5.74, 6) is 0.725. The first kappa shape index (κ1) is 21.1. The molecule has 3 N–H and O–H groups in total. The van der Waals surface area contributed by atoms with Crippen molar-refractivity contribution in [3.05, 3.63) is 0 Å². The van der Waals surface area contributed by atoms with Crippen LogP contribution < -0.4 is 10.6 Å². The molecule has 6 nitrogen and oxygen atoms in total. The molecule has 0 fully saturated rings. The highest BCUT2D eigenvalue weighted by molar-refractivity contribution is 5.79. The molecule has 0 aliphatic rings. The van der Waals surface area contributed by atoms with Gasteiger partial charge in [-0.25, -0.2) is 0 Å². The normalized spacial score (nSPS) is 12.5. The van der Waals surface area contributed by atoms with Crippen LogP contribution in [0.15, 0.2) is 4.99 Å². The Morgan fingerprint density at radius 1 is 1.05 bits per heavy atom. The van der Waals surface area contributed by atoms with E-state index in [1.165, 1.54) is 0 Å². The third-order valence-electron chi connectivity index (χ3n) is 3.28. The number of nitrogens with one attached hydrogen (secondary N) is 2. The van der Waals surface area contributed by atoms with Crippen molar-refractivity contribution < 1.29 is 14.6 Å². The van der Waals surface area contributed by atoms with Gasteiger partial charge in [0.15, 0.2) is 5.96 Å². The van der Waals surface area contributed by atoms with E-state index in [4.69, 9.17) is 9.47 Å². The van der Waals surface area contributed by atoms with Crippen LogP contribution in [-0.4, -0.2) is 63.2 Å². The largest absolute Gasteiger partial charge is 0.388 e. The van der Waals surface area contributed by atoms with Gasteiger partial charge in [0.25, 0.3) is 0 Å². The lowest BCUT2D eigenvalue weighted by Gasteiger charge is -2.26. The van der Waals surface area contributed by atoms with Crippen molar-refractivity contribution in [3.63, 3.8) is 0 Å². The minimum absolute atomic E-state index is 0.425. The molecule has 0 rings (SSSR count). The number of aliphatic imine (C=N–C) groups is 1. The van der Waals surface area contributed by atoms with Crippen LogP contribution in [0.1, 0.15) is 46.5 Å². The lowest BCUT2D eigenvalue weighted by Crippen LogP contribution is -2.41. The van der Waals surface area contributed by atoms with E-state index in [9.17, 15) is 5.11 Å². The molecular formula is C16H35N3O3. The number of hydrogen-bond acceptors (Lipinski definition) is 4. The van der Waals surface area contributed by atoms with Gasteiger partial charge in [0.2, 0.25) is 0 Å². The maximum Gasteiger partial charge on any atom is 0.191 e. The zero-order chi connectivity index (χ0) is 16.7. The number of nitrogens with zero attached hydrogens (tertiary/aromatic N) is 1. The Morgan fingerprint density at radius 3 is 2.27 bits per heavy atom. The van der Waals surface area contributed by atoms with Crippen molar-refractivity contribution in [3.8, 4) is 0 Å². The summed E-state index contributed by atoms with van der Waals surface area (Å²) < 4.78 is 10.3. The third kappa shape index (κ3) is 10.8. The summed E-state index contributed by atoms with van der Waals surface area (Å²) in [4.78, 5) is 4.52. The van der Waals surface area contributed by atoms with Gasteiger partial charge < -0.3 is 25.2 Å². The number of hydrogen-bond donors (Lipinski definition) is 3. The predicted molar refractivity (Wildman–Crippen MR) is 91.4 cm³/mol. The van der Waals surface area contributed by atoms with Crippen molar-refractivity contribution in [1.29, 1.82) is 0 Å². The molecule has 0 bridgehead atoms. The molecule has 0 saturated carbocycles. The minimum atomic E-state index is -0.694. The predicted octanol–water partition coefficient (Wildman–Crippen LogP) is 1.54. The van der Waals surface area contributed by atoms with Crippen LogP contribution in [-0.2, 0) is 9.47 Å². The Bertz CT molecular complexity index is 280. The Balaban J connectivity index is 4.27. The Kier molecular flexibility index (Phi) is 13.3. The monoisotopic (exact) mass is 317 g/mol. The van der Waals surface area contributed by atoms with Gasteiger partial charge in [-0.15, -0.1) is 0 Å². The number of guanidine groups is 1. The highest BCUT2D eigenvalue weighted by Crippen LogP contribution is 2.19. The Hall–Kier alpha value is -0.850. The highest BCUT2D eigenvalue weighted by Gasteiger charge is 2.24. The molecule has 0 unspecified atom stereocenters. The minimum Gasteiger partial charge on any atom is -0.388 e. The summed E-state index contributed by atoms with van der Waals surface area (Å²) in [6.45, 7) is 9.89. The van der Waals surface area contributed by atoms with E-state index in [0.717, 1.165) is 38.2 Å². The number of rotatable bonds is 13. The second-order valence-electron chi connectivity index (χ2n) is 5.45. The van der Waals surface area contributed by atoms with Crippen LogP contribution in [0.4, 0.5) is 0 Å². The van der Waals surface area contributed by atoms with Gasteiger partial charge in [-0.05, 0) is 19.8 Å². The van der Waals surface area contributed by atoms with Crippen molar-refractivity contribution in [2.75, 3.05) is 46.6 Å². The van der Waals surface area contributed by atoms with E-state index >= 15 is 0 Å². The number of aliphatic hydroxyl groups is 1. The lowest BCUT2D eigenvalue weighted by molar-refractivity contribution is 0.0305. The summed E-state index contributed by atoms with van der Waals surface area (Å²) in [5, 5.41) is 17.0. The first-order valence-corrected chi connectivity index (χ1v) is 8.43. The average Bonchev–Trinajstić information content (AvgIpc) is 2.49. The summed E-state index contributed by atoms with van der Waals surface area (Å²) in [6.07, 6.45) is 3.49. The zero-order valence-corrected chi connectivity index (χ0v) is 14.8. The molecular weight excluding hydrogens is 282 g/mol. The van der Waals surface area contributed by atoms with Gasteiger partial charge in [0, 0.05) is 20.2 Å². The quantitative estimate of drug-likeness (QED) is 0.273. The molecule has 0 spiro atoms. The third-order valence-corrected chi connectivity index (χ3v) is 3.28. The lowest BCUT2D eigenvalue weighted by atomic mass is 9.93. The second kappa shape index (κ2) is 13.8. The molecule has 0 aromatic rings. The summed E-state index contributed by atoms with van der Waals surface area (Å²) in [7, 11) is 1.66. The van der Waals surface area contributed by atoms with Gasteiger partial charge in [-0.2, -0.15) is 0 Å². The fourth-order valence-corrected chi connectivity index (χ4v) is 2.27. The maximum atomic E-state index is 10.6. The van der Waals surface area contributed by atoms with Gasteiger partial charge >= 0.3 is 0 Å². The van der Waals surface area contributed by atoms with Gasteiger partial charge in [-0.3, -0.25) is 4.99 Å². The number of ether oxygens (including phenoxy) is 2. The van der Waals surface area contributed by atoms with Gasteiger partial charge in [-0.1, -0.05) is 26.7 Å². The van der Waals surface area contributed by atoms with Crippen LogP contribution >= 0.6 is 0 Å². The van der Waals surface area contributed by atoms with Crippen LogP contribution in [0.25, 0.3) is 0 Å². The van der Waals surface area contributed by atoms with Crippen molar-refractivity contribution >= 4 is 5.96 Å². The van der Waals surface area contributed by atoms with E-state index in [1.54, 1.807) is 7.11 Å². The first-order valence-electron chi connectivity index (χ1n) is 8.43. The smallest absolute Gasteiger partial charge is 0.191 e. The summed E-state index contributed by atoms with van der Waals surface area (Å²) in [5.41, 5.74) is -0.694. The maximum absolute atomic E-state index is 10.6. The fourth-order valence-electron chi connectivity index (χ4n) is 2.27. The summed E-state index contributed by atoms with van der Waals surface area (Å²) in [6, 6.07) is 0. The van der Waals surface area contributed by atoms with Crippen molar-refractivity contribution in [2.45, 2.75) is 52.1 Å². The molecule has 0 amide bonds. The van der Waals surface area contributed by atoms with E-state index in [0.29, 0.717) is 32.9 Å². The van der Waals surface area contributed by atoms with Gasteiger partial charge in [0.05, 0.1) is 32.0 Å². The molecule has 0 aromatic heterocycles. The van der Waals surface area contributed by atoms with E-state index in [2.05, 4.69) is 29.5 Å². The van der Waals surface area contributed by atoms with Crippen molar-refractivity contribution in [2.24, 2.45) is 4.99 Å². The standard InChI is InChI=1S/C16H35N3O3/c1-5-8-16(20,9-6-2)14-19-15(17-7-3)18-10-11-22-13-12-21-4/h20H,5-14H2,1-4H3,(H2,17,18,19). The molecule has 132 valence electrons. The first-order chi connectivity index (χ1) is 10.6. The topological polar surface area (TPSA) is 75.1 Å². The van der Waals surface area contributed by atoms with E-state index in [-0.39, 0.29) is 0 Å². The molecule has 6 heteroatoms. The Labute approximate surface area is 135 Å². The molecule has 0 radical (unpaired) electrons. The molecule has 0 aliphatic carbocycles. The molecule has 0 saturated heterocycles. The van der Waals surface area contributed by atoms with Crippen molar-refractivity contribution in [1.82, 2.24) is 10.6 Å². The zero-order valence-electron chi connectivity index (χ0n) is 14.8. The van der Waals surface area contributed by atoms with Crippen LogP contribution in [0.2, 0.25) is 0 Å². The van der Waals surface area contributed by atoms with E-state index < -0.39 is 5.60 Å². The average molecular weight is 317 g/mol. The fraction of sp³-hybridized carbons (Fsp3) is 0.938. The summed E-state index contributed by atoms with van der Waals surface area (Å²) >= 11 is 0. The van der Waals surface area contributed by atoms with Crippen LogP contribution in [0, 0.1) is 0 Å². The van der Waals surface area contributed by atoms with E-state index in [1.807, 2.05) is 6.92 Å². The van der Waals surface area contributed by atoms with Crippen LogP contribution in [0.3, 0.4) is 0 Å². The SMILES string of the molecule is CCCC(O)(CCC)CN=C(NCC)NCCOCCOC. The number of methoxy groups -OCH3 is 1.